The Morgan fingerprint density at radius 2 is 2.31 bits per heavy atom. The van der Waals surface area contributed by atoms with Crippen LogP contribution in [0.25, 0.3) is 0 Å². The number of hydrogen-bond acceptors (Lipinski definition) is 3. The van der Waals surface area contributed by atoms with Gasteiger partial charge in [-0.05, 0) is 25.2 Å². The molecular formula is C12H22N4. The van der Waals surface area contributed by atoms with E-state index in [1.165, 1.54) is 19.3 Å². The summed E-state index contributed by atoms with van der Waals surface area (Å²) in [5, 5.41) is 10.7. The van der Waals surface area contributed by atoms with E-state index in [9.17, 15) is 0 Å². The van der Waals surface area contributed by atoms with Gasteiger partial charge in [-0.1, -0.05) is 20.3 Å². The van der Waals surface area contributed by atoms with E-state index in [4.69, 9.17) is 0 Å². The molecule has 0 bridgehead atoms. The summed E-state index contributed by atoms with van der Waals surface area (Å²) >= 11 is 0. The predicted molar refractivity (Wildman–Crippen MR) is 64.2 cm³/mol. The molecule has 0 aliphatic heterocycles. The highest BCUT2D eigenvalue weighted by atomic mass is 15.2. The van der Waals surface area contributed by atoms with Crippen molar-refractivity contribution in [1.82, 2.24) is 20.5 Å². The Bertz CT molecular complexity index is 343. The normalized spacial score (nSPS) is 23.8. The standard InChI is InChI=1S/C12H22N4/c1-9-14-11(16-15-9)6-8-13-10-5-4-7-12(10,2)3/h10,13H,4-8H2,1-3H3,(H,14,15,16). The molecule has 0 saturated heterocycles. The largest absolute Gasteiger partial charge is 0.313 e. The Hall–Kier alpha value is -0.900. The predicted octanol–water partition coefficient (Wildman–Crippen LogP) is 1.82. The SMILES string of the molecule is Cc1nc(CCNC2CCCC2(C)C)n[nH]1. The van der Waals surface area contributed by atoms with Gasteiger partial charge in [-0.3, -0.25) is 5.10 Å². The maximum absolute atomic E-state index is 4.30. The summed E-state index contributed by atoms with van der Waals surface area (Å²) in [5.41, 5.74) is 0.453. The van der Waals surface area contributed by atoms with Crippen LogP contribution >= 0.6 is 0 Å². The maximum atomic E-state index is 4.30. The van der Waals surface area contributed by atoms with Gasteiger partial charge < -0.3 is 5.32 Å². The molecule has 1 fully saturated rings. The van der Waals surface area contributed by atoms with Crippen molar-refractivity contribution in [2.75, 3.05) is 6.54 Å². The van der Waals surface area contributed by atoms with Crippen LogP contribution in [-0.2, 0) is 6.42 Å². The van der Waals surface area contributed by atoms with E-state index in [1.54, 1.807) is 0 Å². The van der Waals surface area contributed by atoms with Gasteiger partial charge in [0.1, 0.15) is 5.82 Å². The lowest BCUT2D eigenvalue weighted by molar-refractivity contribution is 0.285. The second-order valence-corrected chi connectivity index (χ2v) is 5.47. The quantitative estimate of drug-likeness (QED) is 0.817. The number of aryl methyl sites for hydroxylation is 1. The zero-order valence-corrected chi connectivity index (χ0v) is 10.5. The van der Waals surface area contributed by atoms with Gasteiger partial charge in [-0.25, -0.2) is 4.98 Å². The first kappa shape index (κ1) is 11.6. The smallest absolute Gasteiger partial charge is 0.151 e. The molecule has 1 aliphatic carbocycles. The second kappa shape index (κ2) is 4.53. The lowest BCUT2D eigenvalue weighted by Gasteiger charge is -2.27. The van der Waals surface area contributed by atoms with Gasteiger partial charge in [0, 0.05) is 19.0 Å². The van der Waals surface area contributed by atoms with Crippen LogP contribution in [0, 0.1) is 12.3 Å². The van der Waals surface area contributed by atoms with E-state index in [-0.39, 0.29) is 0 Å². The van der Waals surface area contributed by atoms with Crippen LogP contribution in [0.1, 0.15) is 44.8 Å². The number of H-pyrrole nitrogens is 1. The molecule has 16 heavy (non-hydrogen) atoms. The molecule has 1 unspecified atom stereocenters. The van der Waals surface area contributed by atoms with E-state index in [2.05, 4.69) is 34.3 Å². The van der Waals surface area contributed by atoms with Crippen LogP contribution in [0.2, 0.25) is 0 Å². The summed E-state index contributed by atoms with van der Waals surface area (Å²) < 4.78 is 0. The third kappa shape index (κ3) is 2.61. The molecule has 4 heteroatoms. The van der Waals surface area contributed by atoms with Crippen LogP contribution in [0.5, 0.6) is 0 Å². The summed E-state index contributed by atoms with van der Waals surface area (Å²) in [5.74, 6) is 1.82. The zero-order valence-electron chi connectivity index (χ0n) is 10.5. The molecule has 1 saturated carbocycles. The van der Waals surface area contributed by atoms with Crippen molar-refractivity contribution in [3.05, 3.63) is 11.6 Å². The van der Waals surface area contributed by atoms with Crippen molar-refractivity contribution >= 4 is 0 Å². The number of aromatic nitrogens is 3. The fourth-order valence-electron chi connectivity index (χ4n) is 2.56. The van der Waals surface area contributed by atoms with Crippen LogP contribution in [0.15, 0.2) is 0 Å². The molecule has 2 rings (SSSR count). The third-order valence-electron chi connectivity index (χ3n) is 3.64. The molecule has 1 atom stereocenters. The summed E-state index contributed by atoms with van der Waals surface area (Å²) in [4.78, 5) is 4.30. The molecule has 90 valence electrons. The maximum Gasteiger partial charge on any atom is 0.151 e. The summed E-state index contributed by atoms with van der Waals surface area (Å²) in [7, 11) is 0. The number of rotatable bonds is 4. The second-order valence-electron chi connectivity index (χ2n) is 5.47. The van der Waals surface area contributed by atoms with Gasteiger partial charge >= 0.3 is 0 Å². The zero-order chi connectivity index (χ0) is 11.6. The average molecular weight is 222 g/mol. The highest BCUT2D eigenvalue weighted by Gasteiger charge is 2.33. The average Bonchev–Trinajstić information content (AvgIpc) is 2.74. The lowest BCUT2D eigenvalue weighted by atomic mass is 9.87. The molecule has 1 heterocycles. The van der Waals surface area contributed by atoms with Crippen LogP contribution in [0.3, 0.4) is 0 Å². The topological polar surface area (TPSA) is 53.6 Å². The first-order valence-electron chi connectivity index (χ1n) is 6.19. The van der Waals surface area contributed by atoms with E-state index < -0.39 is 0 Å². The van der Waals surface area contributed by atoms with Crippen LogP contribution in [-0.4, -0.2) is 27.8 Å². The summed E-state index contributed by atoms with van der Waals surface area (Å²) in [6, 6.07) is 0.660. The van der Waals surface area contributed by atoms with E-state index in [0.29, 0.717) is 11.5 Å². The minimum Gasteiger partial charge on any atom is -0.313 e. The monoisotopic (exact) mass is 222 g/mol. The first-order chi connectivity index (χ1) is 7.58. The van der Waals surface area contributed by atoms with Crippen LogP contribution in [0.4, 0.5) is 0 Å². The first-order valence-corrected chi connectivity index (χ1v) is 6.19. The molecular weight excluding hydrogens is 200 g/mol. The lowest BCUT2D eigenvalue weighted by Crippen LogP contribution is -2.38. The Morgan fingerprint density at radius 3 is 2.88 bits per heavy atom. The highest BCUT2D eigenvalue weighted by molar-refractivity contribution is 4.92. The Balaban J connectivity index is 1.76. The molecule has 0 aromatic carbocycles. The van der Waals surface area contributed by atoms with E-state index >= 15 is 0 Å². The molecule has 0 radical (unpaired) electrons. The van der Waals surface area contributed by atoms with Crippen molar-refractivity contribution < 1.29 is 0 Å². The van der Waals surface area contributed by atoms with Gasteiger partial charge in [-0.2, -0.15) is 5.10 Å². The van der Waals surface area contributed by atoms with Crippen molar-refractivity contribution in [2.45, 2.75) is 52.5 Å². The number of aromatic amines is 1. The third-order valence-corrected chi connectivity index (χ3v) is 3.64. The van der Waals surface area contributed by atoms with E-state index in [0.717, 1.165) is 24.6 Å². The Kier molecular flexibility index (Phi) is 3.28. The molecule has 1 aliphatic rings. The molecule has 0 spiro atoms. The van der Waals surface area contributed by atoms with Gasteiger partial charge in [-0.15, -0.1) is 0 Å². The molecule has 4 nitrogen and oxygen atoms in total. The van der Waals surface area contributed by atoms with Crippen molar-refractivity contribution in [1.29, 1.82) is 0 Å². The van der Waals surface area contributed by atoms with E-state index in [1.807, 2.05) is 6.92 Å². The van der Waals surface area contributed by atoms with Crippen molar-refractivity contribution in [2.24, 2.45) is 5.41 Å². The summed E-state index contributed by atoms with van der Waals surface area (Å²) in [6.45, 7) is 7.62. The number of hydrogen-bond donors (Lipinski definition) is 2. The van der Waals surface area contributed by atoms with Crippen LogP contribution < -0.4 is 5.32 Å². The number of nitrogens with zero attached hydrogens (tertiary/aromatic N) is 2. The molecule has 0 amide bonds. The number of nitrogens with one attached hydrogen (secondary N) is 2. The highest BCUT2D eigenvalue weighted by Crippen LogP contribution is 2.36. The van der Waals surface area contributed by atoms with Gasteiger partial charge in [0.2, 0.25) is 0 Å². The Labute approximate surface area is 97.2 Å². The molecule has 1 aromatic rings. The fourth-order valence-corrected chi connectivity index (χ4v) is 2.56. The fraction of sp³-hybridized carbons (Fsp3) is 0.833. The van der Waals surface area contributed by atoms with Gasteiger partial charge in [0.05, 0.1) is 0 Å². The Morgan fingerprint density at radius 1 is 1.50 bits per heavy atom. The minimum absolute atomic E-state index is 0.453. The van der Waals surface area contributed by atoms with Gasteiger partial charge in [0.25, 0.3) is 0 Å². The molecule has 2 N–H and O–H groups in total. The minimum atomic E-state index is 0.453. The van der Waals surface area contributed by atoms with Crippen molar-refractivity contribution in [3.8, 4) is 0 Å². The molecule has 1 aromatic heterocycles. The van der Waals surface area contributed by atoms with Gasteiger partial charge in [0.15, 0.2) is 5.82 Å². The van der Waals surface area contributed by atoms with Crippen molar-refractivity contribution in [3.63, 3.8) is 0 Å². The summed E-state index contributed by atoms with van der Waals surface area (Å²) in [6.07, 6.45) is 4.91.